The Morgan fingerprint density at radius 2 is 2.17 bits per heavy atom. The molecule has 1 aliphatic rings. The average Bonchev–Trinajstić information content (AvgIpc) is 2.92. The van der Waals surface area contributed by atoms with Crippen molar-refractivity contribution in [2.24, 2.45) is 0 Å². The number of fused-ring (bicyclic) bond motifs is 1. The molecule has 0 spiro atoms. The highest BCUT2D eigenvalue weighted by atomic mass is 19.1. The van der Waals surface area contributed by atoms with E-state index < -0.39 is 11.7 Å². The third-order valence-corrected chi connectivity index (χ3v) is 3.78. The van der Waals surface area contributed by atoms with Crippen LogP contribution in [-0.2, 0) is 4.74 Å². The van der Waals surface area contributed by atoms with Gasteiger partial charge in [-0.3, -0.25) is 0 Å². The number of amides is 1. The van der Waals surface area contributed by atoms with Crippen molar-refractivity contribution in [3.05, 3.63) is 30.3 Å². The largest absolute Gasteiger partial charge is 0.444 e. The van der Waals surface area contributed by atoms with Gasteiger partial charge in [0.25, 0.3) is 0 Å². The van der Waals surface area contributed by atoms with Gasteiger partial charge >= 0.3 is 6.09 Å². The number of halogens is 1. The van der Waals surface area contributed by atoms with Gasteiger partial charge < -0.3 is 15.0 Å². The molecule has 1 fully saturated rings. The first-order chi connectivity index (χ1) is 11.3. The number of aromatic nitrogens is 2. The fraction of sp³-hybridized carbons (Fsp3) is 0.471. The molecule has 128 valence electrons. The van der Waals surface area contributed by atoms with Gasteiger partial charge in [-0.05, 0) is 45.4 Å². The SMILES string of the molecule is CC(C)(C)OC(=O)NC1CCN(c2ncnc3ccc(F)cc23)C1. The van der Waals surface area contributed by atoms with Gasteiger partial charge in [0, 0.05) is 18.5 Å². The minimum absolute atomic E-state index is 0.0292. The Morgan fingerprint density at radius 1 is 1.38 bits per heavy atom. The van der Waals surface area contributed by atoms with Crippen LogP contribution in [0.2, 0.25) is 0 Å². The summed E-state index contributed by atoms with van der Waals surface area (Å²) in [4.78, 5) is 22.4. The van der Waals surface area contributed by atoms with Crippen LogP contribution in [0.25, 0.3) is 10.9 Å². The first kappa shape index (κ1) is 16.4. The van der Waals surface area contributed by atoms with Crippen LogP contribution in [0.1, 0.15) is 27.2 Å². The number of nitrogens with zero attached hydrogens (tertiary/aromatic N) is 3. The Bertz CT molecular complexity index is 760. The van der Waals surface area contributed by atoms with Crippen LogP contribution >= 0.6 is 0 Å². The Labute approximate surface area is 140 Å². The number of anilines is 1. The highest BCUT2D eigenvalue weighted by Crippen LogP contribution is 2.26. The number of carbonyl (C=O) groups is 1. The van der Waals surface area contributed by atoms with Gasteiger partial charge in [0.05, 0.1) is 11.6 Å². The quantitative estimate of drug-likeness (QED) is 0.916. The molecule has 1 aliphatic heterocycles. The summed E-state index contributed by atoms with van der Waals surface area (Å²) in [5.41, 5.74) is 0.174. The zero-order chi connectivity index (χ0) is 17.3. The van der Waals surface area contributed by atoms with E-state index in [2.05, 4.69) is 15.3 Å². The molecule has 0 aliphatic carbocycles. The molecule has 0 saturated carbocycles. The van der Waals surface area contributed by atoms with Crippen molar-refractivity contribution < 1.29 is 13.9 Å². The third-order valence-electron chi connectivity index (χ3n) is 3.78. The Balaban J connectivity index is 1.72. The van der Waals surface area contributed by atoms with Crippen LogP contribution in [0, 0.1) is 5.82 Å². The van der Waals surface area contributed by atoms with E-state index in [1.165, 1.54) is 18.5 Å². The molecule has 7 heteroatoms. The second-order valence-corrected chi connectivity index (χ2v) is 6.94. The van der Waals surface area contributed by atoms with Crippen molar-refractivity contribution in [3.63, 3.8) is 0 Å². The fourth-order valence-electron chi connectivity index (χ4n) is 2.81. The van der Waals surface area contributed by atoms with Crippen molar-refractivity contribution >= 4 is 22.8 Å². The predicted molar refractivity (Wildman–Crippen MR) is 89.5 cm³/mol. The number of rotatable bonds is 2. The summed E-state index contributed by atoms with van der Waals surface area (Å²) in [6.07, 6.45) is 1.83. The van der Waals surface area contributed by atoms with Crippen molar-refractivity contribution in [2.75, 3.05) is 18.0 Å². The van der Waals surface area contributed by atoms with E-state index in [1.54, 1.807) is 6.07 Å². The topological polar surface area (TPSA) is 67.3 Å². The summed E-state index contributed by atoms with van der Waals surface area (Å²) in [6, 6.07) is 4.44. The average molecular weight is 332 g/mol. The Morgan fingerprint density at radius 3 is 2.92 bits per heavy atom. The number of hydrogen-bond acceptors (Lipinski definition) is 5. The zero-order valence-electron chi connectivity index (χ0n) is 14.0. The van der Waals surface area contributed by atoms with Crippen LogP contribution in [-0.4, -0.2) is 40.8 Å². The second-order valence-electron chi connectivity index (χ2n) is 6.94. The number of benzene rings is 1. The Hall–Kier alpha value is -2.44. The third kappa shape index (κ3) is 3.72. The number of carbonyl (C=O) groups excluding carboxylic acids is 1. The molecule has 24 heavy (non-hydrogen) atoms. The monoisotopic (exact) mass is 332 g/mol. The van der Waals surface area contributed by atoms with E-state index >= 15 is 0 Å². The molecule has 1 aromatic carbocycles. The lowest BCUT2D eigenvalue weighted by Gasteiger charge is -2.22. The highest BCUT2D eigenvalue weighted by molar-refractivity contribution is 5.89. The van der Waals surface area contributed by atoms with Gasteiger partial charge in [-0.15, -0.1) is 0 Å². The van der Waals surface area contributed by atoms with Crippen molar-refractivity contribution in [3.8, 4) is 0 Å². The molecule has 1 aromatic heterocycles. The smallest absolute Gasteiger partial charge is 0.407 e. The molecular formula is C17H21FN4O2. The van der Waals surface area contributed by atoms with Gasteiger partial charge in [0.1, 0.15) is 23.6 Å². The van der Waals surface area contributed by atoms with Crippen LogP contribution in [0.15, 0.2) is 24.5 Å². The maximum absolute atomic E-state index is 13.6. The van der Waals surface area contributed by atoms with E-state index in [1.807, 2.05) is 25.7 Å². The van der Waals surface area contributed by atoms with Gasteiger partial charge in [0.2, 0.25) is 0 Å². The van der Waals surface area contributed by atoms with Crippen LogP contribution in [0.3, 0.4) is 0 Å². The van der Waals surface area contributed by atoms with E-state index in [0.717, 1.165) is 13.0 Å². The minimum atomic E-state index is -0.525. The summed E-state index contributed by atoms with van der Waals surface area (Å²) in [6.45, 7) is 6.81. The molecule has 1 saturated heterocycles. The van der Waals surface area contributed by atoms with Gasteiger partial charge in [-0.2, -0.15) is 0 Å². The lowest BCUT2D eigenvalue weighted by molar-refractivity contribution is 0.0509. The summed E-state index contributed by atoms with van der Waals surface area (Å²) in [5.74, 6) is 0.370. The molecule has 1 unspecified atom stereocenters. The van der Waals surface area contributed by atoms with E-state index in [-0.39, 0.29) is 11.9 Å². The number of nitrogens with one attached hydrogen (secondary N) is 1. The predicted octanol–water partition coefficient (Wildman–Crippen LogP) is 2.87. The number of ether oxygens (including phenoxy) is 1. The number of hydrogen-bond donors (Lipinski definition) is 1. The van der Waals surface area contributed by atoms with Gasteiger partial charge in [-0.25, -0.2) is 19.2 Å². The maximum atomic E-state index is 13.6. The zero-order valence-corrected chi connectivity index (χ0v) is 14.0. The van der Waals surface area contributed by atoms with E-state index in [9.17, 15) is 9.18 Å². The first-order valence-electron chi connectivity index (χ1n) is 7.96. The number of alkyl carbamates (subject to hydrolysis) is 1. The van der Waals surface area contributed by atoms with Crippen LogP contribution in [0.4, 0.5) is 15.0 Å². The molecule has 0 radical (unpaired) electrons. The Kier molecular flexibility index (Phi) is 4.26. The molecule has 1 amide bonds. The van der Waals surface area contributed by atoms with Gasteiger partial charge in [0.15, 0.2) is 0 Å². The highest BCUT2D eigenvalue weighted by Gasteiger charge is 2.27. The molecule has 0 bridgehead atoms. The van der Waals surface area contributed by atoms with Crippen LogP contribution in [0.5, 0.6) is 0 Å². The molecular weight excluding hydrogens is 311 g/mol. The fourth-order valence-corrected chi connectivity index (χ4v) is 2.81. The summed E-state index contributed by atoms with van der Waals surface area (Å²) in [5, 5.41) is 3.55. The normalized spacial score (nSPS) is 18.0. The molecule has 1 N–H and O–H groups in total. The summed E-state index contributed by atoms with van der Waals surface area (Å²) in [7, 11) is 0. The molecule has 3 rings (SSSR count). The first-order valence-corrected chi connectivity index (χ1v) is 7.96. The lowest BCUT2D eigenvalue weighted by Crippen LogP contribution is -2.40. The summed E-state index contributed by atoms with van der Waals surface area (Å²) < 4.78 is 18.8. The van der Waals surface area contributed by atoms with E-state index in [4.69, 9.17) is 4.74 Å². The second kappa shape index (κ2) is 6.22. The maximum Gasteiger partial charge on any atom is 0.407 e. The van der Waals surface area contributed by atoms with E-state index in [0.29, 0.717) is 23.3 Å². The lowest BCUT2D eigenvalue weighted by atomic mass is 10.2. The molecule has 6 nitrogen and oxygen atoms in total. The van der Waals surface area contributed by atoms with Crippen LogP contribution < -0.4 is 10.2 Å². The van der Waals surface area contributed by atoms with Crippen molar-refractivity contribution in [2.45, 2.75) is 38.8 Å². The minimum Gasteiger partial charge on any atom is -0.444 e. The standard InChI is InChI=1S/C17H21FN4O2/c1-17(2,3)24-16(23)21-12-6-7-22(9-12)15-13-8-11(18)4-5-14(13)19-10-20-15/h4-5,8,10,12H,6-7,9H2,1-3H3,(H,21,23). The summed E-state index contributed by atoms with van der Waals surface area (Å²) >= 11 is 0. The molecule has 2 aromatic rings. The van der Waals surface area contributed by atoms with Gasteiger partial charge in [-0.1, -0.05) is 0 Å². The van der Waals surface area contributed by atoms with Crippen molar-refractivity contribution in [1.82, 2.24) is 15.3 Å². The van der Waals surface area contributed by atoms with Crippen molar-refractivity contribution in [1.29, 1.82) is 0 Å². The molecule has 2 heterocycles. The molecule has 1 atom stereocenters.